The summed E-state index contributed by atoms with van der Waals surface area (Å²) in [6.45, 7) is 2.15. The van der Waals surface area contributed by atoms with E-state index in [-0.39, 0.29) is 18.2 Å². The number of ether oxygens (including phenoxy) is 1. The minimum Gasteiger partial charge on any atom is -0.484 e. The molecule has 0 aliphatic carbocycles. The molecule has 0 N–H and O–H groups in total. The van der Waals surface area contributed by atoms with Crippen molar-refractivity contribution in [3.8, 4) is 5.75 Å². The number of nitro benzene ring substituents is 1. The Hall–Kier alpha value is -3.68. The van der Waals surface area contributed by atoms with E-state index in [0.717, 1.165) is 22.9 Å². The lowest BCUT2D eigenvalue weighted by Gasteiger charge is -2.29. The van der Waals surface area contributed by atoms with Gasteiger partial charge >= 0.3 is 5.63 Å². The van der Waals surface area contributed by atoms with Crippen molar-refractivity contribution in [1.82, 2.24) is 0 Å². The summed E-state index contributed by atoms with van der Waals surface area (Å²) in [5, 5.41) is 11.8. The van der Waals surface area contributed by atoms with E-state index >= 15 is 0 Å². The van der Waals surface area contributed by atoms with Crippen LogP contribution in [0.15, 0.2) is 51.7 Å². The third-order valence-electron chi connectivity index (χ3n) is 4.98. The van der Waals surface area contributed by atoms with Crippen LogP contribution in [0.4, 0.5) is 11.4 Å². The Morgan fingerprint density at radius 1 is 1.24 bits per heavy atom. The number of rotatable bonds is 4. The number of nitrogens with zero attached hydrogens (tertiary/aromatic N) is 2. The van der Waals surface area contributed by atoms with E-state index in [1.807, 2.05) is 6.92 Å². The molecule has 1 amide bonds. The van der Waals surface area contributed by atoms with E-state index in [1.165, 1.54) is 18.2 Å². The summed E-state index contributed by atoms with van der Waals surface area (Å²) in [6.07, 6.45) is 1.41. The van der Waals surface area contributed by atoms with Crippen LogP contribution in [0.3, 0.4) is 0 Å². The normalized spacial score (nSPS) is 13.2. The van der Waals surface area contributed by atoms with Crippen molar-refractivity contribution >= 4 is 28.3 Å². The number of amides is 1. The summed E-state index contributed by atoms with van der Waals surface area (Å²) >= 11 is 0. The summed E-state index contributed by atoms with van der Waals surface area (Å²) < 4.78 is 10.8. The first-order valence-electron chi connectivity index (χ1n) is 9.17. The molecule has 0 bridgehead atoms. The van der Waals surface area contributed by atoms with Crippen LogP contribution in [0.1, 0.15) is 17.5 Å². The number of non-ortho nitro benzene ring substituents is 1. The van der Waals surface area contributed by atoms with Crippen LogP contribution in [0.2, 0.25) is 0 Å². The van der Waals surface area contributed by atoms with Gasteiger partial charge in [-0.2, -0.15) is 0 Å². The van der Waals surface area contributed by atoms with E-state index in [9.17, 15) is 19.7 Å². The average Bonchev–Trinajstić information content (AvgIpc) is 2.70. The van der Waals surface area contributed by atoms with Crippen LogP contribution in [-0.2, 0) is 11.2 Å². The number of carbonyl (C=O) groups is 1. The van der Waals surface area contributed by atoms with Gasteiger partial charge in [0.2, 0.25) is 0 Å². The van der Waals surface area contributed by atoms with E-state index < -0.39 is 10.5 Å². The zero-order valence-corrected chi connectivity index (χ0v) is 15.7. The molecule has 0 spiro atoms. The Kier molecular flexibility index (Phi) is 4.75. The highest BCUT2D eigenvalue weighted by molar-refractivity contribution is 5.96. The number of carbonyl (C=O) groups excluding carboxylic acids is 1. The molecular formula is C21H18N2O6. The van der Waals surface area contributed by atoms with Gasteiger partial charge in [-0.25, -0.2) is 4.79 Å². The summed E-state index contributed by atoms with van der Waals surface area (Å²) in [6, 6.07) is 11.0. The topological polar surface area (TPSA) is 103 Å². The van der Waals surface area contributed by atoms with Crippen molar-refractivity contribution in [1.29, 1.82) is 0 Å². The largest absolute Gasteiger partial charge is 0.484 e. The standard InChI is InChI=1S/C21H18N2O6/c1-13-9-21(25)29-19-11-16(5-6-17(13)19)28-12-20(24)22-8-2-3-14-10-15(23(26)27)4-7-18(14)22/h4-7,9-11H,2-3,8,12H2,1H3. The van der Waals surface area contributed by atoms with Crippen molar-refractivity contribution in [2.75, 3.05) is 18.1 Å². The molecular weight excluding hydrogens is 376 g/mol. The zero-order chi connectivity index (χ0) is 20.5. The second-order valence-electron chi connectivity index (χ2n) is 6.91. The van der Waals surface area contributed by atoms with Gasteiger partial charge in [0.1, 0.15) is 11.3 Å². The highest BCUT2D eigenvalue weighted by Crippen LogP contribution is 2.30. The van der Waals surface area contributed by atoms with Gasteiger partial charge in [-0.05, 0) is 49.1 Å². The number of nitro groups is 1. The molecule has 0 atom stereocenters. The molecule has 1 aliphatic heterocycles. The van der Waals surface area contributed by atoms with Gasteiger partial charge in [-0.3, -0.25) is 14.9 Å². The fourth-order valence-electron chi connectivity index (χ4n) is 3.57. The molecule has 2 aromatic carbocycles. The smallest absolute Gasteiger partial charge is 0.336 e. The first-order chi connectivity index (χ1) is 13.9. The number of fused-ring (bicyclic) bond motifs is 2. The second kappa shape index (κ2) is 7.38. The highest BCUT2D eigenvalue weighted by Gasteiger charge is 2.24. The maximum absolute atomic E-state index is 12.7. The number of hydrogen-bond acceptors (Lipinski definition) is 6. The fourth-order valence-corrected chi connectivity index (χ4v) is 3.57. The Balaban J connectivity index is 1.52. The summed E-state index contributed by atoms with van der Waals surface area (Å²) in [7, 11) is 0. The molecule has 0 saturated carbocycles. The van der Waals surface area contributed by atoms with Crippen LogP contribution < -0.4 is 15.3 Å². The Morgan fingerprint density at radius 3 is 2.86 bits per heavy atom. The van der Waals surface area contributed by atoms with E-state index in [4.69, 9.17) is 9.15 Å². The number of anilines is 1. The van der Waals surface area contributed by atoms with Gasteiger partial charge in [0.25, 0.3) is 11.6 Å². The number of benzene rings is 2. The lowest BCUT2D eigenvalue weighted by atomic mass is 10.0. The molecule has 3 aromatic rings. The van der Waals surface area contributed by atoms with Crippen molar-refractivity contribution in [3.05, 3.63) is 74.1 Å². The molecule has 148 valence electrons. The maximum Gasteiger partial charge on any atom is 0.336 e. The van der Waals surface area contributed by atoms with Crippen LogP contribution in [0.25, 0.3) is 11.0 Å². The monoisotopic (exact) mass is 394 g/mol. The van der Waals surface area contributed by atoms with Crippen LogP contribution in [-0.4, -0.2) is 24.0 Å². The van der Waals surface area contributed by atoms with Crippen molar-refractivity contribution in [2.45, 2.75) is 19.8 Å². The van der Waals surface area contributed by atoms with Crippen molar-refractivity contribution < 1.29 is 18.9 Å². The molecule has 0 unspecified atom stereocenters. The van der Waals surface area contributed by atoms with Crippen LogP contribution >= 0.6 is 0 Å². The summed E-state index contributed by atoms with van der Waals surface area (Å²) in [4.78, 5) is 36.4. The van der Waals surface area contributed by atoms with E-state index in [1.54, 1.807) is 29.2 Å². The molecule has 0 saturated heterocycles. The van der Waals surface area contributed by atoms with Crippen molar-refractivity contribution in [2.24, 2.45) is 0 Å². The number of aryl methyl sites for hydroxylation is 2. The molecule has 4 rings (SSSR count). The second-order valence-corrected chi connectivity index (χ2v) is 6.91. The SMILES string of the molecule is Cc1cc(=O)oc2cc(OCC(=O)N3CCCc4cc([N+](=O)[O-])ccc43)ccc12. The lowest BCUT2D eigenvalue weighted by Crippen LogP contribution is -2.38. The predicted molar refractivity (Wildman–Crippen MR) is 106 cm³/mol. The number of hydrogen-bond donors (Lipinski definition) is 0. The van der Waals surface area contributed by atoms with Gasteiger partial charge in [-0.1, -0.05) is 0 Å². The lowest BCUT2D eigenvalue weighted by molar-refractivity contribution is -0.384. The van der Waals surface area contributed by atoms with Gasteiger partial charge in [0.05, 0.1) is 4.92 Å². The predicted octanol–water partition coefficient (Wildman–Crippen LogP) is 3.37. The highest BCUT2D eigenvalue weighted by atomic mass is 16.6. The Bertz CT molecular complexity index is 1180. The summed E-state index contributed by atoms with van der Waals surface area (Å²) in [5.41, 5.74) is 2.23. The molecule has 1 aromatic heterocycles. The maximum atomic E-state index is 12.7. The molecule has 0 fully saturated rings. The van der Waals surface area contributed by atoms with Gasteiger partial charge < -0.3 is 14.1 Å². The molecule has 1 aliphatic rings. The molecule has 2 heterocycles. The third-order valence-corrected chi connectivity index (χ3v) is 4.98. The average molecular weight is 394 g/mol. The molecule has 8 nitrogen and oxygen atoms in total. The quantitative estimate of drug-likeness (QED) is 0.382. The zero-order valence-electron chi connectivity index (χ0n) is 15.7. The Labute approximate surface area is 165 Å². The minimum absolute atomic E-state index is 0.0160. The van der Waals surface area contributed by atoms with Gasteiger partial charge in [0, 0.05) is 41.9 Å². The fraction of sp³-hybridized carbons (Fsp3) is 0.238. The van der Waals surface area contributed by atoms with Crippen LogP contribution in [0.5, 0.6) is 5.75 Å². The first kappa shape index (κ1) is 18.7. The first-order valence-corrected chi connectivity index (χ1v) is 9.17. The van der Waals surface area contributed by atoms with E-state index in [2.05, 4.69) is 0 Å². The van der Waals surface area contributed by atoms with Crippen LogP contribution in [0, 0.1) is 17.0 Å². The molecule has 0 radical (unpaired) electrons. The minimum atomic E-state index is -0.442. The molecule has 29 heavy (non-hydrogen) atoms. The van der Waals surface area contributed by atoms with E-state index in [0.29, 0.717) is 30.0 Å². The van der Waals surface area contributed by atoms with Crippen molar-refractivity contribution in [3.63, 3.8) is 0 Å². The Morgan fingerprint density at radius 2 is 2.07 bits per heavy atom. The van der Waals surface area contributed by atoms with Gasteiger partial charge in [0.15, 0.2) is 6.61 Å². The third kappa shape index (κ3) is 3.69. The van der Waals surface area contributed by atoms with Gasteiger partial charge in [-0.15, -0.1) is 0 Å². The molecule has 8 heteroatoms. The summed E-state index contributed by atoms with van der Waals surface area (Å²) in [5.74, 6) is 0.172.